The molecule has 1 N–H and O–H groups in total. The third-order valence-corrected chi connectivity index (χ3v) is 2.18. The monoisotopic (exact) mass is 252 g/mol. The molecule has 0 aromatic carbocycles. The smallest absolute Gasteiger partial charge is 0.240 e. The number of hydrogen-bond acceptors (Lipinski definition) is 6. The minimum atomic E-state index is -0.399. The molecule has 0 saturated heterocycles. The Kier molecular flexibility index (Phi) is 4.32. The first-order valence-electron chi connectivity index (χ1n) is 5.44. The van der Waals surface area contributed by atoms with E-state index in [-0.39, 0.29) is 0 Å². The second-order valence-corrected chi connectivity index (χ2v) is 3.54. The highest BCUT2D eigenvalue weighted by atomic mass is 19.1. The first kappa shape index (κ1) is 12.6. The third-order valence-electron chi connectivity index (χ3n) is 2.18. The zero-order valence-corrected chi connectivity index (χ0v) is 9.89. The molecule has 2 aromatic rings. The van der Waals surface area contributed by atoms with Crippen molar-refractivity contribution in [3.05, 3.63) is 30.0 Å². The van der Waals surface area contributed by atoms with Crippen LogP contribution in [0.3, 0.4) is 0 Å². The van der Waals surface area contributed by atoms with E-state index in [0.717, 1.165) is 6.20 Å². The zero-order valence-electron chi connectivity index (χ0n) is 9.89. The summed E-state index contributed by atoms with van der Waals surface area (Å²) in [5, 5.41) is 6.85. The number of ether oxygens (including phenoxy) is 1. The molecule has 18 heavy (non-hydrogen) atoms. The lowest BCUT2D eigenvalue weighted by molar-refractivity contribution is 0.197. The molecular formula is C11H13FN4O2. The van der Waals surface area contributed by atoms with Crippen LogP contribution in [0.15, 0.2) is 22.9 Å². The summed E-state index contributed by atoms with van der Waals surface area (Å²) in [6.45, 7) is 1.76. The van der Waals surface area contributed by atoms with Crippen molar-refractivity contribution in [3.63, 3.8) is 0 Å². The number of hydrogen-bond donors (Lipinski definition) is 1. The lowest BCUT2D eigenvalue weighted by Crippen LogP contribution is -2.18. The Balaban J connectivity index is 1.95. The van der Waals surface area contributed by atoms with Crippen molar-refractivity contribution in [2.75, 3.05) is 20.3 Å². The minimum absolute atomic E-state index is 0.346. The van der Waals surface area contributed by atoms with Crippen LogP contribution in [0.1, 0.15) is 5.89 Å². The SMILES string of the molecule is COCCNCc1nc(-c2ccc(F)cn2)no1. The van der Waals surface area contributed by atoms with Gasteiger partial charge in [-0.1, -0.05) is 5.16 Å². The molecule has 2 heterocycles. The molecule has 0 fully saturated rings. The van der Waals surface area contributed by atoms with Gasteiger partial charge < -0.3 is 14.6 Å². The van der Waals surface area contributed by atoms with E-state index in [2.05, 4.69) is 20.4 Å². The minimum Gasteiger partial charge on any atom is -0.383 e. The molecule has 0 bridgehead atoms. The number of nitrogens with zero attached hydrogens (tertiary/aromatic N) is 3. The van der Waals surface area contributed by atoms with Gasteiger partial charge in [-0.25, -0.2) is 9.37 Å². The number of pyridine rings is 1. The molecule has 96 valence electrons. The van der Waals surface area contributed by atoms with Gasteiger partial charge >= 0.3 is 0 Å². The Morgan fingerprint density at radius 1 is 1.44 bits per heavy atom. The highest BCUT2D eigenvalue weighted by Crippen LogP contribution is 2.12. The van der Waals surface area contributed by atoms with Gasteiger partial charge in [0.1, 0.15) is 11.5 Å². The van der Waals surface area contributed by atoms with Crippen molar-refractivity contribution in [3.8, 4) is 11.5 Å². The van der Waals surface area contributed by atoms with Gasteiger partial charge in [0.25, 0.3) is 0 Å². The molecule has 6 nitrogen and oxygen atoms in total. The maximum absolute atomic E-state index is 12.7. The number of methoxy groups -OCH3 is 1. The standard InChI is InChI=1S/C11H13FN4O2/c1-17-5-4-13-7-10-15-11(16-18-10)9-3-2-8(12)6-14-9/h2-3,6,13H,4-5,7H2,1H3. The molecule has 0 radical (unpaired) electrons. The van der Waals surface area contributed by atoms with Crippen molar-refractivity contribution in [1.82, 2.24) is 20.4 Å². The Labute approximate surface area is 103 Å². The van der Waals surface area contributed by atoms with Crippen LogP contribution < -0.4 is 5.32 Å². The molecule has 0 atom stereocenters. The summed E-state index contributed by atoms with van der Waals surface area (Å²) in [4.78, 5) is 8.01. The predicted molar refractivity (Wildman–Crippen MR) is 61.1 cm³/mol. The third kappa shape index (κ3) is 3.31. The van der Waals surface area contributed by atoms with E-state index in [0.29, 0.717) is 37.1 Å². The fraction of sp³-hybridized carbons (Fsp3) is 0.364. The topological polar surface area (TPSA) is 73.1 Å². The molecule has 0 aliphatic heterocycles. The Bertz CT molecular complexity index is 486. The number of rotatable bonds is 6. The number of halogens is 1. The lowest BCUT2D eigenvalue weighted by Gasteiger charge is -1.98. The Hall–Kier alpha value is -1.86. The molecule has 2 rings (SSSR count). The number of aromatic nitrogens is 3. The molecule has 0 aliphatic rings. The van der Waals surface area contributed by atoms with Gasteiger partial charge in [0, 0.05) is 13.7 Å². The van der Waals surface area contributed by atoms with E-state index in [9.17, 15) is 4.39 Å². The van der Waals surface area contributed by atoms with Gasteiger partial charge in [-0.3, -0.25) is 0 Å². The average Bonchev–Trinajstić information content (AvgIpc) is 2.84. The molecule has 0 aliphatic carbocycles. The summed E-state index contributed by atoms with van der Waals surface area (Å²) in [6.07, 6.45) is 1.11. The molecule has 7 heteroatoms. The van der Waals surface area contributed by atoms with Crippen LogP contribution in [0.4, 0.5) is 4.39 Å². The van der Waals surface area contributed by atoms with E-state index in [1.54, 1.807) is 7.11 Å². The molecular weight excluding hydrogens is 239 g/mol. The van der Waals surface area contributed by atoms with Crippen LogP contribution >= 0.6 is 0 Å². The Morgan fingerprint density at radius 2 is 2.33 bits per heavy atom. The van der Waals surface area contributed by atoms with Gasteiger partial charge in [0.05, 0.1) is 19.3 Å². The highest BCUT2D eigenvalue weighted by molar-refractivity contribution is 5.47. The van der Waals surface area contributed by atoms with E-state index in [1.165, 1.54) is 12.1 Å². The van der Waals surface area contributed by atoms with E-state index >= 15 is 0 Å². The largest absolute Gasteiger partial charge is 0.383 e. The quantitative estimate of drug-likeness (QED) is 0.773. The summed E-state index contributed by atoms with van der Waals surface area (Å²) >= 11 is 0. The summed E-state index contributed by atoms with van der Waals surface area (Å²) in [5.41, 5.74) is 0.475. The summed E-state index contributed by atoms with van der Waals surface area (Å²) in [7, 11) is 1.63. The summed E-state index contributed by atoms with van der Waals surface area (Å²) < 4.78 is 22.6. The molecule has 0 saturated carbocycles. The van der Waals surface area contributed by atoms with Gasteiger partial charge in [0.15, 0.2) is 0 Å². The predicted octanol–water partition coefficient (Wildman–Crippen LogP) is 1.01. The van der Waals surface area contributed by atoms with Crippen molar-refractivity contribution in [2.24, 2.45) is 0 Å². The lowest BCUT2D eigenvalue weighted by atomic mass is 10.3. The average molecular weight is 252 g/mol. The number of nitrogens with one attached hydrogen (secondary N) is 1. The van der Waals surface area contributed by atoms with E-state index in [1.807, 2.05) is 0 Å². The van der Waals surface area contributed by atoms with Gasteiger partial charge in [-0.15, -0.1) is 0 Å². The van der Waals surface area contributed by atoms with Crippen LogP contribution in [0.5, 0.6) is 0 Å². The van der Waals surface area contributed by atoms with Crippen LogP contribution in [-0.2, 0) is 11.3 Å². The summed E-state index contributed by atoms with van der Waals surface area (Å²) in [6, 6.07) is 2.80. The molecule has 0 spiro atoms. The van der Waals surface area contributed by atoms with Crippen molar-refractivity contribution < 1.29 is 13.7 Å². The zero-order chi connectivity index (χ0) is 12.8. The maximum Gasteiger partial charge on any atom is 0.240 e. The van der Waals surface area contributed by atoms with Gasteiger partial charge in [-0.05, 0) is 12.1 Å². The summed E-state index contributed by atoms with van der Waals surface area (Å²) in [5.74, 6) is 0.398. The maximum atomic E-state index is 12.7. The van der Waals surface area contributed by atoms with Crippen molar-refractivity contribution >= 4 is 0 Å². The van der Waals surface area contributed by atoms with Crippen molar-refractivity contribution in [2.45, 2.75) is 6.54 Å². The van der Waals surface area contributed by atoms with E-state index in [4.69, 9.17) is 9.26 Å². The van der Waals surface area contributed by atoms with Crippen LogP contribution in [0, 0.1) is 5.82 Å². The van der Waals surface area contributed by atoms with Gasteiger partial charge in [-0.2, -0.15) is 4.98 Å². The van der Waals surface area contributed by atoms with Crippen LogP contribution in [0.25, 0.3) is 11.5 Å². The fourth-order valence-corrected chi connectivity index (χ4v) is 1.31. The first-order chi connectivity index (χ1) is 8.79. The normalized spacial score (nSPS) is 10.8. The van der Waals surface area contributed by atoms with E-state index < -0.39 is 5.82 Å². The second kappa shape index (κ2) is 6.18. The van der Waals surface area contributed by atoms with Crippen molar-refractivity contribution in [1.29, 1.82) is 0 Å². The van der Waals surface area contributed by atoms with Crippen LogP contribution in [0.2, 0.25) is 0 Å². The second-order valence-electron chi connectivity index (χ2n) is 3.54. The molecule has 0 unspecified atom stereocenters. The van der Waals surface area contributed by atoms with Gasteiger partial charge in [0.2, 0.25) is 11.7 Å². The fourth-order valence-electron chi connectivity index (χ4n) is 1.31. The Morgan fingerprint density at radius 3 is 3.06 bits per heavy atom. The van der Waals surface area contributed by atoms with Crippen LogP contribution in [-0.4, -0.2) is 35.4 Å². The molecule has 2 aromatic heterocycles. The highest BCUT2D eigenvalue weighted by Gasteiger charge is 2.09. The molecule has 0 amide bonds. The first-order valence-corrected chi connectivity index (χ1v) is 5.44.